The molecule has 2 aromatic carbocycles. The largest absolute Gasteiger partial charge is 0.497 e. The smallest absolute Gasteiger partial charge is 0.313 e. The first-order valence-corrected chi connectivity index (χ1v) is 10.8. The first kappa shape index (κ1) is 23.4. The summed E-state index contributed by atoms with van der Waals surface area (Å²) in [6, 6.07) is 13.6. The molecule has 0 saturated carbocycles. The predicted octanol–water partition coefficient (Wildman–Crippen LogP) is 2.14. The normalized spacial score (nSPS) is 14.0. The molecule has 172 valence electrons. The van der Waals surface area contributed by atoms with Crippen LogP contribution in [-0.4, -0.2) is 70.7 Å². The van der Waals surface area contributed by atoms with Gasteiger partial charge in [0.05, 0.1) is 19.9 Å². The van der Waals surface area contributed by atoms with Crippen LogP contribution in [0.2, 0.25) is 0 Å². The summed E-state index contributed by atoms with van der Waals surface area (Å²) in [5.41, 5.74) is 2.84. The van der Waals surface area contributed by atoms with Gasteiger partial charge in [0, 0.05) is 44.5 Å². The number of hydrogen-bond donors (Lipinski definition) is 2. The number of carbonyl (C=O) groups is 2. The number of likely N-dealkylation sites (N-methyl/N-ethyl adjacent to an activating group) is 1. The van der Waals surface area contributed by atoms with E-state index in [0.29, 0.717) is 23.7 Å². The molecule has 0 atom stereocenters. The first-order chi connectivity index (χ1) is 15.5. The average Bonchev–Trinajstić information content (AvgIpc) is 2.82. The summed E-state index contributed by atoms with van der Waals surface area (Å²) in [6.07, 6.45) is 1.57. The van der Waals surface area contributed by atoms with Crippen molar-refractivity contribution in [2.75, 3.05) is 64.2 Å². The van der Waals surface area contributed by atoms with Crippen molar-refractivity contribution in [2.24, 2.45) is 0 Å². The highest BCUT2D eigenvalue weighted by Gasteiger charge is 2.16. The Morgan fingerprint density at radius 2 is 1.66 bits per heavy atom. The molecular weight excluding hydrogens is 408 g/mol. The van der Waals surface area contributed by atoms with Crippen molar-refractivity contribution >= 4 is 23.2 Å². The second-order valence-electron chi connectivity index (χ2n) is 7.84. The average molecular weight is 441 g/mol. The highest BCUT2D eigenvalue weighted by atomic mass is 16.5. The van der Waals surface area contributed by atoms with Crippen LogP contribution < -0.4 is 25.0 Å². The van der Waals surface area contributed by atoms with Crippen molar-refractivity contribution in [1.29, 1.82) is 0 Å². The zero-order chi connectivity index (χ0) is 22.9. The Morgan fingerprint density at radius 1 is 0.938 bits per heavy atom. The Kier molecular flexibility index (Phi) is 8.33. The van der Waals surface area contributed by atoms with E-state index in [-0.39, 0.29) is 0 Å². The van der Waals surface area contributed by atoms with E-state index in [2.05, 4.69) is 51.7 Å². The minimum atomic E-state index is -0.743. The van der Waals surface area contributed by atoms with Crippen molar-refractivity contribution in [3.8, 4) is 11.5 Å². The van der Waals surface area contributed by atoms with E-state index in [4.69, 9.17) is 9.47 Å². The van der Waals surface area contributed by atoms with Crippen LogP contribution in [0.4, 0.5) is 11.4 Å². The molecule has 8 nitrogen and oxygen atoms in total. The fourth-order valence-electron chi connectivity index (χ4n) is 3.60. The Morgan fingerprint density at radius 3 is 2.31 bits per heavy atom. The van der Waals surface area contributed by atoms with Gasteiger partial charge in [-0.25, -0.2) is 0 Å². The molecule has 1 fully saturated rings. The van der Waals surface area contributed by atoms with Gasteiger partial charge in [-0.1, -0.05) is 12.1 Å². The molecule has 8 heteroatoms. The predicted molar refractivity (Wildman–Crippen MR) is 126 cm³/mol. The lowest BCUT2D eigenvalue weighted by molar-refractivity contribution is -0.136. The van der Waals surface area contributed by atoms with Gasteiger partial charge in [0.2, 0.25) is 0 Å². The fraction of sp³-hybridized carbons (Fsp3) is 0.417. The zero-order valence-electron chi connectivity index (χ0n) is 19.0. The second kappa shape index (κ2) is 11.4. The third kappa shape index (κ3) is 6.37. The molecule has 2 N–H and O–H groups in total. The second-order valence-corrected chi connectivity index (χ2v) is 7.84. The van der Waals surface area contributed by atoms with Crippen LogP contribution in [0.5, 0.6) is 11.5 Å². The molecule has 1 aliphatic rings. The van der Waals surface area contributed by atoms with Crippen molar-refractivity contribution in [2.45, 2.75) is 12.8 Å². The highest BCUT2D eigenvalue weighted by molar-refractivity contribution is 6.39. The number of amides is 2. The SMILES string of the molecule is COc1ccc(OC)c(NC(=O)C(=O)NCCCc2ccc(N3CCN(C)CC3)cc2)c1. The number of piperazine rings is 1. The van der Waals surface area contributed by atoms with E-state index in [1.54, 1.807) is 18.2 Å². The van der Waals surface area contributed by atoms with E-state index < -0.39 is 11.8 Å². The maximum Gasteiger partial charge on any atom is 0.313 e. The Labute approximate surface area is 189 Å². The number of rotatable bonds is 8. The van der Waals surface area contributed by atoms with E-state index in [1.165, 1.54) is 25.5 Å². The number of anilines is 2. The van der Waals surface area contributed by atoms with Crippen LogP contribution in [0, 0.1) is 0 Å². The number of aryl methyl sites for hydroxylation is 1. The maximum atomic E-state index is 12.2. The quantitative estimate of drug-likeness (QED) is 0.484. The fourth-order valence-corrected chi connectivity index (χ4v) is 3.60. The van der Waals surface area contributed by atoms with Gasteiger partial charge in [0.25, 0.3) is 0 Å². The van der Waals surface area contributed by atoms with Crippen molar-refractivity contribution in [3.63, 3.8) is 0 Å². The van der Waals surface area contributed by atoms with Gasteiger partial charge in [-0.2, -0.15) is 0 Å². The van der Waals surface area contributed by atoms with Gasteiger partial charge < -0.3 is 29.9 Å². The van der Waals surface area contributed by atoms with Gasteiger partial charge in [-0.05, 0) is 49.7 Å². The van der Waals surface area contributed by atoms with Gasteiger partial charge in [0.1, 0.15) is 11.5 Å². The molecule has 32 heavy (non-hydrogen) atoms. The van der Waals surface area contributed by atoms with Crippen LogP contribution in [0.25, 0.3) is 0 Å². The zero-order valence-corrected chi connectivity index (χ0v) is 19.0. The van der Waals surface area contributed by atoms with E-state index in [0.717, 1.165) is 39.0 Å². The summed E-state index contributed by atoms with van der Waals surface area (Å²) < 4.78 is 10.4. The Balaban J connectivity index is 1.41. The molecule has 3 rings (SSSR count). The molecule has 0 aliphatic carbocycles. The Bertz CT molecular complexity index is 909. The van der Waals surface area contributed by atoms with Gasteiger partial charge in [-0.3, -0.25) is 9.59 Å². The maximum absolute atomic E-state index is 12.2. The molecule has 0 unspecified atom stereocenters. The summed E-state index contributed by atoms with van der Waals surface area (Å²) in [5.74, 6) is -0.416. The number of benzene rings is 2. The van der Waals surface area contributed by atoms with Gasteiger partial charge in [0.15, 0.2) is 0 Å². The molecule has 1 aliphatic heterocycles. The van der Waals surface area contributed by atoms with E-state index >= 15 is 0 Å². The lowest BCUT2D eigenvalue weighted by atomic mass is 10.1. The van der Waals surface area contributed by atoms with Crippen molar-refractivity contribution < 1.29 is 19.1 Å². The number of hydrogen-bond acceptors (Lipinski definition) is 6. The monoisotopic (exact) mass is 440 g/mol. The minimum Gasteiger partial charge on any atom is -0.497 e. The number of nitrogens with one attached hydrogen (secondary N) is 2. The van der Waals surface area contributed by atoms with Crippen LogP contribution in [0.3, 0.4) is 0 Å². The summed E-state index contributed by atoms with van der Waals surface area (Å²) >= 11 is 0. The minimum absolute atomic E-state index is 0.382. The molecule has 0 bridgehead atoms. The Hall–Kier alpha value is -3.26. The molecule has 0 spiro atoms. The molecule has 0 radical (unpaired) electrons. The van der Waals surface area contributed by atoms with E-state index in [9.17, 15) is 9.59 Å². The number of nitrogens with zero attached hydrogens (tertiary/aromatic N) is 2. The number of ether oxygens (including phenoxy) is 2. The number of methoxy groups -OCH3 is 2. The summed E-state index contributed by atoms with van der Waals surface area (Å²) in [4.78, 5) is 29.1. The third-order valence-corrected chi connectivity index (χ3v) is 5.59. The summed E-state index contributed by atoms with van der Waals surface area (Å²) in [6.45, 7) is 4.68. The lowest BCUT2D eigenvalue weighted by Gasteiger charge is -2.34. The van der Waals surface area contributed by atoms with Gasteiger partial charge in [-0.15, -0.1) is 0 Å². The molecule has 2 aromatic rings. The molecule has 2 amide bonds. The molecule has 1 saturated heterocycles. The van der Waals surface area contributed by atoms with Crippen LogP contribution in [0.1, 0.15) is 12.0 Å². The summed E-state index contributed by atoms with van der Waals surface area (Å²) in [7, 11) is 5.17. The molecular formula is C24H32N4O4. The first-order valence-electron chi connectivity index (χ1n) is 10.8. The topological polar surface area (TPSA) is 83.1 Å². The lowest BCUT2D eigenvalue weighted by Crippen LogP contribution is -2.44. The van der Waals surface area contributed by atoms with Crippen LogP contribution >= 0.6 is 0 Å². The highest BCUT2D eigenvalue weighted by Crippen LogP contribution is 2.28. The van der Waals surface area contributed by atoms with Gasteiger partial charge >= 0.3 is 11.8 Å². The van der Waals surface area contributed by atoms with Crippen molar-refractivity contribution in [3.05, 3.63) is 48.0 Å². The van der Waals surface area contributed by atoms with Crippen LogP contribution in [0.15, 0.2) is 42.5 Å². The third-order valence-electron chi connectivity index (χ3n) is 5.59. The standard InChI is InChI=1S/C24H32N4O4/c1-27-13-15-28(16-14-27)19-8-6-18(7-9-19)5-4-12-25-23(29)24(30)26-21-17-20(31-2)10-11-22(21)32-3/h6-11,17H,4-5,12-16H2,1-3H3,(H,25,29)(H,26,30). The molecule has 0 aromatic heterocycles. The molecule has 1 heterocycles. The number of carbonyl (C=O) groups excluding carboxylic acids is 2. The van der Waals surface area contributed by atoms with Crippen molar-refractivity contribution in [1.82, 2.24) is 10.2 Å². The van der Waals surface area contributed by atoms with E-state index in [1.807, 2.05) is 0 Å². The van der Waals surface area contributed by atoms with Crippen LogP contribution in [-0.2, 0) is 16.0 Å². The summed E-state index contributed by atoms with van der Waals surface area (Å²) in [5, 5.41) is 5.24.